The third kappa shape index (κ3) is 5.20. The number of pyridine rings is 1. The summed E-state index contributed by atoms with van der Waals surface area (Å²) in [5, 5.41) is 3.20. The van der Waals surface area contributed by atoms with Crippen LogP contribution in [0.1, 0.15) is 51.4 Å². The molecule has 5 heteroatoms. The minimum absolute atomic E-state index is 0.0359. The van der Waals surface area contributed by atoms with Crippen LogP contribution in [0.15, 0.2) is 18.3 Å². The quantitative estimate of drug-likeness (QED) is 0.921. The second-order valence-electron chi connectivity index (χ2n) is 8.74. The molecule has 0 saturated carbocycles. The van der Waals surface area contributed by atoms with Gasteiger partial charge in [-0.05, 0) is 44.9 Å². The maximum absolute atomic E-state index is 12.9. The molecule has 0 radical (unpaired) electrons. The van der Waals surface area contributed by atoms with Crippen molar-refractivity contribution in [2.45, 2.75) is 46.6 Å². The number of carbonyl (C=O) groups is 1. The predicted octanol–water partition coefficient (Wildman–Crippen LogP) is 2.78. The zero-order chi connectivity index (χ0) is 18.0. The number of hydrogen-bond acceptors (Lipinski definition) is 4. The molecule has 0 aliphatic carbocycles. The Morgan fingerprint density at radius 3 is 2.38 bits per heavy atom. The van der Waals surface area contributed by atoms with E-state index in [1.807, 2.05) is 12.1 Å². The standard InChI is InChI=1S/C19H32N4O/c1-18(2,3)14-19(4,5)21-17(24)15-8-7-9-20-16(15)23-12-10-22(6)11-13-23/h7-9H,10-14H2,1-6H3,(H,21,24). The first-order chi connectivity index (χ1) is 11.1. The zero-order valence-corrected chi connectivity index (χ0v) is 16.0. The van der Waals surface area contributed by atoms with Crippen LogP contribution in [-0.4, -0.2) is 54.6 Å². The van der Waals surface area contributed by atoms with E-state index in [1.165, 1.54) is 0 Å². The number of nitrogens with one attached hydrogen (secondary N) is 1. The summed E-state index contributed by atoms with van der Waals surface area (Å²) < 4.78 is 0. The van der Waals surface area contributed by atoms with E-state index in [4.69, 9.17) is 0 Å². The highest BCUT2D eigenvalue weighted by Crippen LogP contribution is 2.27. The number of rotatable bonds is 4. The van der Waals surface area contributed by atoms with Gasteiger partial charge < -0.3 is 15.1 Å². The molecule has 0 unspecified atom stereocenters. The molecule has 0 atom stereocenters. The van der Waals surface area contributed by atoms with Crippen LogP contribution in [0.2, 0.25) is 0 Å². The number of aromatic nitrogens is 1. The van der Waals surface area contributed by atoms with E-state index in [0.717, 1.165) is 38.4 Å². The molecule has 1 aromatic rings. The lowest BCUT2D eigenvalue weighted by Crippen LogP contribution is -2.48. The molecule has 2 heterocycles. The van der Waals surface area contributed by atoms with Crippen molar-refractivity contribution in [2.24, 2.45) is 5.41 Å². The van der Waals surface area contributed by atoms with E-state index in [1.54, 1.807) is 6.20 Å². The summed E-state index contributed by atoms with van der Waals surface area (Å²) in [6.07, 6.45) is 2.68. The van der Waals surface area contributed by atoms with Gasteiger partial charge in [-0.3, -0.25) is 4.79 Å². The monoisotopic (exact) mass is 332 g/mol. The van der Waals surface area contributed by atoms with Gasteiger partial charge in [0.15, 0.2) is 0 Å². The summed E-state index contributed by atoms with van der Waals surface area (Å²) in [7, 11) is 2.12. The second-order valence-corrected chi connectivity index (χ2v) is 8.74. The fourth-order valence-electron chi connectivity index (χ4n) is 3.59. The summed E-state index contributed by atoms with van der Waals surface area (Å²) in [6, 6.07) is 3.72. The highest BCUT2D eigenvalue weighted by atomic mass is 16.1. The van der Waals surface area contributed by atoms with E-state index in [2.05, 4.69) is 61.8 Å². The van der Waals surface area contributed by atoms with E-state index < -0.39 is 0 Å². The van der Waals surface area contributed by atoms with Gasteiger partial charge in [-0.2, -0.15) is 0 Å². The predicted molar refractivity (Wildman–Crippen MR) is 99.6 cm³/mol. The fraction of sp³-hybridized carbons (Fsp3) is 0.684. The molecular formula is C19H32N4O. The lowest BCUT2D eigenvalue weighted by molar-refractivity contribution is 0.0891. The average molecular weight is 332 g/mol. The topological polar surface area (TPSA) is 48.5 Å². The Hall–Kier alpha value is -1.62. The minimum atomic E-state index is -0.259. The lowest BCUT2D eigenvalue weighted by Gasteiger charge is -2.35. The Kier molecular flexibility index (Phi) is 5.53. The Morgan fingerprint density at radius 1 is 1.17 bits per heavy atom. The lowest BCUT2D eigenvalue weighted by atomic mass is 9.81. The molecule has 134 valence electrons. The van der Waals surface area contributed by atoms with Crippen molar-refractivity contribution in [3.05, 3.63) is 23.9 Å². The summed E-state index contributed by atoms with van der Waals surface area (Å²) in [5.74, 6) is 0.765. The second kappa shape index (κ2) is 7.09. The van der Waals surface area contributed by atoms with Crippen LogP contribution in [0, 0.1) is 5.41 Å². The van der Waals surface area contributed by atoms with E-state index in [-0.39, 0.29) is 16.9 Å². The molecule has 1 aromatic heterocycles. The SMILES string of the molecule is CN1CCN(c2ncccc2C(=O)NC(C)(C)CC(C)(C)C)CC1. The van der Waals surface area contributed by atoms with Crippen LogP contribution in [0.25, 0.3) is 0 Å². The third-order valence-electron chi connectivity index (χ3n) is 4.26. The maximum Gasteiger partial charge on any atom is 0.255 e. The number of anilines is 1. The van der Waals surface area contributed by atoms with Gasteiger partial charge in [0.2, 0.25) is 0 Å². The van der Waals surface area contributed by atoms with Crippen molar-refractivity contribution in [1.29, 1.82) is 0 Å². The van der Waals surface area contributed by atoms with Gasteiger partial charge in [-0.15, -0.1) is 0 Å². The van der Waals surface area contributed by atoms with E-state index in [9.17, 15) is 4.79 Å². The average Bonchev–Trinajstić information content (AvgIpc) is 2.45. The number of amides is 1. The summed E-state index contributed by atoms with van der Waals surface area (Å²) >= 11 is 0. The largest absolute Gasteiger partial charge is 0.353 e. The summed E-state index contributed by atoms with van der Waals surface area (Å²) in [6.45, 7) is 14.5. The van der Waals surface area contributed by atoms with Gasteiger partial charge >= 0.3 is 0 Å². The Balaban J connectivity index is 2.15. The summed E-state index contributed by atoms with van der Waals surface area (Å²) in [5.41, 5.74) is 0.570. The number of piperazine rings is 1. The normalized spacial score (nSPS) is 17.0. The first-order valence-electron chi connectivity index (χ1n) is 8.78. The van der Waals surface area contributed by atoms with Crippen LogP contribution < -0.4 is 10.2 Å². The Bertz CT molecular complexity index is 569. The minimum Gasteiger partial charge on any atom is -0.353 e. The van der Waals surface area contributed by atoms with Crippen LogP contribution in [0.4, 0.5) is 5.82 Å². The van der Waals surface area contributed by atoms with Crippen molar-refractivity contribution in [3.63, 3.8) is 0 Å². The smallest absolute Gasteiger partial charge is 0.255 e. The van der Waals surface area contributed by atoms with Crippen LogP contribution >= 0.6 is 0 Å². The number of carbonyl (C=O) groups excluding carboxylic acids is 1. The molecule has 24 heavy (non-hydrogen) atoms. The molecule has 1 saturated heterocycles. The van der Waals surface area contributed by atoms with Crippen LogP contribution in [-0.2, 0) is 0 Å². The van der Waals surface area contributed by atoms with Crippen molar-refractivity contribution >= 4 is 11.7 Å². The van der Waals surface area contributed by atoms with Crippen molar-refractivity contribution in [1.82, 2.24) is 15.2 Å². The van der Waals surface area contributed by atoms with E-state index in [0.29, 0.717) is 5.56 Å². The number of hydrogen-bond donors (Lipinski definition) is 1. The first kappa shape index (κ1) is 18.7. The number of nitrogens with zero attached hydrogens (tertiary/aromatic N) is 3. The molecule has 0 spiro atoms. The maximum atomic E-state index is 12.9. The highest BCUT2D eigenvalue weighted by molar-refractivity contribution is 5.99. The Labute approximate surface area is 146 Å². The molecular weight excluding hydrogens is 300 g/mol. The molecule has 1 N–H and O–H groups in total. The summed E-state index contributed by atoms with van der Waals surface area (Å²) in [4.78, 5) is 21.9. The molecule has 2 rings (SSSR count). The van der Waals surface area contributed by atoms with Gasteiger partial charge in [0.25, 0.3) is 5.91 Å². The van der Waals surface area contributed by atoms with Gasteiger partial charge in [0.05, 0.1) is 5.56 Å². The molecule has 5 nitrogen and oxygen atoms in total. The van der Waals surface area contributed by atoms with Gasteiger partial charge in [0, 0.05) is 37.9 Å². The molecule has 1 amide bonds. The molecule has 0 aromatic carbocycles. The van der Waals surface area contributed by atoms with E-state index >= 15 is 0 Å². The van der Waals surface area contributed by atoms with Crippen molar-refractivity contribution in [3.8, 4) is 0 Å². The Morgan fingerprint density at radius 2 is 1.79 bits per heavy atom. The zero-order valence-electron chi connectivity index (χ0n) is 16.0. The third-order valence-corrected chi connectivity index (χ3v) is 4.26. The molecule has 1 aliphatic heterocycles. The van der Waals surface area contributed by atoms with Crippen LogP contribution in [0.3, 0.4) is 0 Å². The molecule has 1 fully saturated rings. The van der Waals surface area contributed by atoms with Crippen LogP contribution in [0.5, 0.6) is 0 Å². The van der Waals surface area contributed by atoms with Crippen molar-refractivity contribution < 1.29 is 4.79 Å². The molecule has 1 aliphatic rings. The van der Waals surface area contributed by atoms with Crippen molar-refractivity contribution in [2.75, 3.05) is 38.1 Å². The van der Waals surface area contributed by atoms with Gasteiger partial charge in [0.1, 0.15) is 5.82 Å². The fourth-order valence-corrected chi connectivity index (χ4v) is 3.59. The number of likely N-dealkylation sites (N-methyl/N-ethyl adjacent to an activating group) is 1. The molecule has 0 bridgehead atoms. The van der Waals surface area contributed by atoms with Gasteiger partial charge in [-0.1, -0.05) is 20.8 Å². The first-order valence-corrected chi connectivity index (χ1v) is 8.78. The highest BCUT2D eigenvalue weighted by Gasteiger charge is 2.29. The van der Waals surface area contributed by atoms with Gasteiger partial charge in [-0.25, -0.2) is 4.98 Å².